The summed E-state index contributed by atoms with van der Waals surface area (Å²) in [6, 6.07) is 14.8. The molecule has 2 amide bonds. The average Bonchev–Trinajstić information content (AvgIpc) is 3.32. The molecule has 1 fully saturated rings. The molecular weight excluding hydrogens is 516 g/mol. The minimum atomic E-state index is -1.19. The molecule has 40 heavy (non-hydrogen) atoms. The number of carbonyl (C=O) groups excluding carboxylic acids is 2. The van der Waals surface area contributed by atoms with Gasteiger partial charge in [-0.2, -0.15) is 0 Å². The Kier molecular flexibility index (Phi) is 8.23. The summed E-state index contributed by atoms with van der Waals surface area (Å²) < 4.78 is 17.7. The molecule has 0 unspecified atom stereocenters. The number of ether oxygens (including phenoxy) is 3. The highest BCUT2D eigenvalue weighted by atomic mass is 16.5. The number of rotatable bonds is 4. The van der Waals surface area contributed by atoms with Crippen molar-refractivity contribution in [1.29, 1.82) is 0 Å². The third-order valence-corrected chi connectivity index (χ3v) is 6.78. The van der Waals surface area contributed by atoms with Gasteiger partial charge in [-0.05, 0) is 48.0 Å². The first kappa shape index (κ1) is 27.1. The number of likely N-dealkylation sites (tertiary alicyclic amines) is 1. The number of hydrogen-bond donors (Lipinski definition) is 3. The summed E-state index contributed by atoms with van der Waals surface area (Å²) in [7, 11) is 1.61. The molecule has 2 aliphatic heterocycles. The Morgan fingerprint density at radius 1 is 1.12 bits per heavy atom. The molecule has 5 rings (SSSR count). The molecule has 2 aliphatic rings. The van der Waals surface area contributed by atoms with Crippen molar-refractivity contribution in [2.75, 3.05) is 26.7 Å². The molecule has 2 atom stereocenters. The number of aromatic nitrogens is 1. The molecule has 2 aromatic carbocycles. The van der Waals surface area contributed by atoms with Gasteiger partial charge in [0.2, 0.25) is 5.91 Å². The molecule has 0 radical (unpaired) electrons. The van der Waals surface area contributed by atoms with Crippen molar-refractivity contribution in [3.63, 3.8) is 0 Å². The SMILES string of the molecule is COc1cccnc1CN1C[C@@H]2NC(=O)CCNC(=O)c3cc(cc(C(=O)O)c3)Oc3cccc(c3)CO[C@H]2C1. The van der Waals surface area contributed by atoms with Crippen LogP contribution in [0.4, 0.5) is 0 Å². The van der Waals surface area contributed by atoms with Crippen molar-refractivity contribution in [3.8, 4) is 17.2 Å². The number of fused-ring (bicyclic) bond motifs is 5. The van der Waals surface area contributed by atoms with Crippen LogP contribution in [0.25, 0.3) is 0 Å². The smallest absolute Gasteiger partial charge is 0.335 e. The van der Waals surface area contributed by atoms with E-state index in [4.69, 9.17) is 14.2 Å². The Hall–Kier alpha value is -4.48. The topological polar surface area (TPSA) is 139 Å². The van der Waals surface area contributed by atoms with Crippen LogP contribution >= 0.6 is 0 Å². The zero-order chi connectivity index (χ0) is 28.1. The van der Waals surface area contributed by atoms with Crippen LogP contribution in [0.3, 0.4) is 0 Å². The highest BCUT2D eigenvalue weighted by molar-refractivity contribution is 5.98. The van der Waals surface area contributed by atoms with Crippen LogP contribution in [-0.4, -0.2) is 71.7 Å². The first-order chi connectivity index (χ1) is 19.4. The van der Waals surface area contributed by atoms with Crippen molar-refractivity contribution in [1.82, 2.24) is 20.5 Å². The van der Waals surface area contributed by atoms with Crippen LogP contribution in [0.2, 0.25) is 0 Å². The lowest BCUT2D eigenvalue weighted by Gasteiger charge is -2.20. The molecule has 11 nitrogen and oxygen atoms in total. The van der Waals surface area contributed by atoms with E-state index >= 15 is 0 Å². The van der Waals surface area contributed by atoms with Gasteiger partial charge < -0.3 is 30.0 Å². The number of nitrogens with one attached hydrogen (secondary N) is 2. The van der Waals surface area contributed by atoms with E-state index in [-0.39, 0.29) is 54.5 Å². The maximum atomic E-state index is 12.8. The molecule has 3 heterocycles. The fraction of sp³-hybridized carbons (Fsp3) is 0.310. The first-order valence-electron chi connectivity index (χ1n) is 12.9. The fourth-order valence-corrected chi connectivity index (χ4v) is 4.85. The fourth-order valence-electron chi connectivity index (χ4n) is 4.85. The summed E-state index contributed by atoms with van der Waals surface area (Å²) in [6.07, 6.45) is 1.48. The van der Waals surface area contributed by atoms with Gasteiger partial charge in [0.15, 0.2) is 0 Å². The van der Waals surface area contributed by atoms with Crippen LogP contribution in [-0.2, 0) is 22.7 Å². The lowest BCUT2D eigenvalue weighted by molar-refractivity contribution is -0.122. The minimum absolute atomic E-state index is 0.0474. The summed E-state index contributed by atoms with van der Waals surface area (Å²) in [5.41, 5.74) is 1.67. The maximum Gasteiger partial charge on any atom is 0.335 e. The van der Waals surface area contributed by atoms with Crippen molar-refractivity contribution in [2.24, 2.45) is 0 Å². The van der Waals surface area contributed by atoms with Crippen LogP contribution < -0.4 is 20.1 Å². The highest BCUT2D eigenvalue weighted by Gasteiger charge is 2.35. The largest absolute Gasteiger partial charge is 0.495 e. The Morgan fingerprint density at radius 2 is 2.00 bits per heavy atom. The second kappa shape index (κ2) is 12.1. The molecule has 1 saturated heterocycles. The van der Waals surface area contributed by atoms with E-state index in [2.05, 4.69) is 20.5 Å². The van der Waals surface area contributed by atoms with Gasteiger partial charge in [-0.1, -0.05) is 12.1 Å². The van der Waals surface area contributed by atoms with E-state index in [1.54, 1.807) is 25.4 Å². The Balaban J connectivity index is 1.38. The number of nitrogens with zero attached hydrogens (tertiary/aromatic N) is 2. The van der Waals surface area contributed by atoms with Gasteiger partial charge in [-0.3, -0.25) is 19.5 Å². The van der Waals surface area contributed by atoms with Crippen LogP contribution in [0, 0.1) is 0 Å². The van der Waals surface area contributed by atoms with Gasteiger partial charge in [-0.15, -0.1) is 0 Å². The van der Waals surface area contributed by atoms with Gasteiger partial charge in [0, 0.05) is 44.4 Å². The Labute approximate surface area is 231 Å². The molecule has 0 spiro atoms. The van der Waals surface area contributed by atoms with Crippen molar-refractivity contribution in [3.05, 3.63) is 83.2 Å². The van der Waals surface area contributed by atoms with Crippen molar-refractivity contribution < 1.29 is 33.7 Å². The zero-order valence-corrected chi connectivity index (χ0v) is 22.0. The molecule has 1 aromatic heterocycles. The van der Waals surface area contributed by atoms with E-state index in [1.165, 1.54) is 18.2 Å². The quantitative estimate of drug-likeness (QED) is 0.451. The molecule has 3 N–H and O–H groups in total. The number of carbonyl (C=O) groups is 3. The second-order valence-electron chi connectivity index (χ2n) is 9.68. The molecule has 0 aliphatic carbocycles. The van der Waals surface area contributed by atoms with Crippen LogP contribution in [0.15, 0.2) is 60.8 Å². The normalized spacial score (nSPS) is 19.9. The Morgan fingerprint density at radius 3 is 2.83 bits per heavy atom. The molecular formula is C29H30N4O7. The predicted molar refractivity (Wildman–Crippen MR) is 143 cm³/mol. The Bertz CT molecular complexity index is 1410. The lowest BCUT2D eigenvalue weighted by atomic mass is 10.1. The third-order valence-electron chi connectivity index (χ3n) is 6.78. The summed E-state index contributed by atoms with van der Waals surface area (Å²) in [4.78, 5) is 43.9. The van der Waals surface area contributed by atoms with E-state index in [9.17, 15) is 19.5 Å². The predicted octanol–water partition coefficient (Wildman–Crippen LogP) is 2.60. The molecule has 3 aromatic rings. The van der Waals surface area contributed by atoms with E-state index < -0.39 is 11.9 Å². The van der Waals surface area contributed by atoms with Crippen LogP contribution in [0.1, 0.15) is 38.4 Å². The number of aromatic carboxylic acids is 1. The molecule has 11 heteroatoms. The number of methoxy groups -OCH3 is 1. The van der Waals surface area contributed by atoms with Crippen LogP contribution in [0.5, 0.6) is 17.2 Å². The number of carboxylic acids is 1. The zero-order valence-electron chi connectivity index (χ0n) is 22.0. The van der Waals surface area contributed by atoms with Gasteiger partial charge in [-0.25, -0.2) is 4.79 Å². The number of pyridine rings is 1. The molecule has 208 valence electrons. The standard InChI is InChI=1S/C29H30N4O7/c1-38-25-6-3-8-30-23(25)14-33-15-24-26(16-33)39-17-18-4-2-5-21(10-18)40-22-12-19(11-20(13-22)29(36)37)28(35)31-9-7-27(34)32-24/h2-6,8,10-13,24,26H,7,9,14-17H2,1H3,(H,31,35)(H,32,34)(H,36,37)/t24-,26-/m0/s1. The van der Waals surface area contributed by atoms with Gasteiger partial charge in [0.1, 0.15) is 17.2 Å². The summed E-state index contributed by atoms with van der Waals surface area (Å²) in [5, 5.41) is 15.3. The first-order valence-corrected chi connectivity index (χ1v) is 12.9. The number of hydrogen-bond acceptors (Lipinski definition) is 8. The average molecular weight is 547 g/mol. The summed E-state index contributed by atoms with van der Waals surface area (Å²) >= 11 is 0. The third kappa shape index (κ3) is 6.56. The van der Waals surface area contributed by atoms with Gasteiger partial charge in [0.25, 0.3) is 5.91 Å². The van der Waals surface area contributed by atoms with E-state index in [1.807, 2.05) is 24.3 Å². The number of benzene rings is 2. The summed E-state index contributed by atoms with van der Waals surface area (Å²) in [6.45, 7) is 2.00. The molecule has 4 bridgehead atoms. The number of carboxylic acid groups (broad SMARTS) is 1. The molecule has 0 saturated carbocycles. The number of amides is 2. The lowest BCUT2D eigenvalue weighted by Crippen LogP contribution is -2.44. The van der Waals surface area contributed by atoms with Crippen molar-refractivity contribution >= 4 is 17.8 Å². The van der Waals surface area contributed by atoms with Crippen molar-refractivity contribution in [2.45, 2.75) is 31.7 Å². The monoisotopic (exact) mass is 546 g/mol. The van der Waals surface area contributed by atoms with E-state index in [0.29, 0.717) is 31.1 Å². The van der Waals surface area contributed by atoms with Gasteiger partial charge in [0.05, 0.1) is 37.1 Å². The highest BCUT2D eigenvalue weighted by Crippen LogP contribution is 2.27. The second-order valence-corrected chi connectivity index (χ2v) is 9.68. The summed E-state index contributed by atoms with van der Waals surface area (Å²) in [5.74, 6) is -0.543. The van der Waals surface area contributed by atoms with Gasteiger partial charge >= 0.3 is 5.97 Å². The maximum absolute atomic E-state index is 12.8. The van der Waals surface area contributed by atoms with E-state index in [0.717, 1.165) is 11.3 Å². The minimum Gasteiger partial charge on any atom is -0.495 e.